The van der Waals surface area contributed by atoms with Gasteiger partial charge in [0.1, 0.15) is 0 Å². The fraction of sp³-hybridized carbons (Fsp3) is 0.429. The number of benzene rings is 1. The molecular formula is C21H23ClF3N3O. The molecule has 2 fully saturated rings. The lowest BCUT2D eigenvalue weighted by atomic mass is 9.88. The molecule has 0 saturated carbocycles. The van der Waals surface area contributed by atoms with Gasteiger partial charge >= 0.3 is 6.18 Å². The molecule has 2 aliphatic heterocycles. The summed E-state index contributed by atoms with van der Waals surface area (Å²) in [5, 5.41) is 6.42. The third-order valence-electron chi connectivity index (χ3n) is 5.69. The normalized spacial score (nSPS) is 24.3. The lowest BCUT2D eigenvalue weighted by Gasteiger charge is -2.33. The number of aromatic nitrogens is 1. The van der Waals surface area contributed by atoms with E-state index in [-0.39, 0.29) is 24.4 Å². The van der Waals surface area contributed by atoms with E-state index in [0.717, 1.165) is 54.8 Å². The Bertz CT molecular complexity index is 901. The van der Waals surface area contributed by atoms with Gasteiger partial charge in [0.05, 0.1) is 22.8 Å². The predicted molar refractivity (Wildman–Crippen MR) is 107 cm³/mol. The fourth-order valence-electron chi connectivity index (χ4n) is 4.23. The molecule has 156 valence electrons. The van der Waals surface area contributed by atoms with Gasteiger partial charge in [0, 0.05) is 12.2 Å². The van der Waals surface area contributed by atoms with E-state index in [4.69, 9.17) is 0 Å². The highest BCUT2D eigenvalue weighted by molar-refractivity contribution is 5.87. The molecule has 2 aromatic rings. The summed E-state index contributed by atoms with van der Waals surface area (Å²) in [5.74, 6) is 0.0527. The Labute approximate surface area is 173 Å². The molecule has 0 radical (unpaired) electrons. The molecule has 1 spiro atoms. The Morgan fingerprint density at radius 3 is 2.48 bits per heavy atom. The number of rotatable bonds is 2. The van der Waals surface area contributed by atoms with E-state index in [1.807, 2.05) is 19.1 Å². The molecule has 4 nitrogen and oxygen atoms in total. The van der Waals surface area contributed by atoms with Gasteiger partial charge in [-0.25, -0.2) is 0 Å². The van der Waals surface area contributed by atoms with Crippen LogP contribution in [0.1, 0.15) is 48.7 Å². The van der Waals surface area contributed by atoms with Gasteiger partial charge in [-0.2, -0.15) is 13.2 Å². The maximum atomic E-state index is 12.8. The highest BCUT2D eigenvalue weighted by Crippen LogP contribution is 2.38. The molecule has 2 atom stereocenters. The van der Waals surface area contributed by atoms with Crippen LogP contribution in [0.3, 0.4) is 0 Å². The van der Waals surface area contributed by atoms with E-state index < -0.39 is 17.3 Å². The van der Waals surface area contributed by atoms with Crippen molar-refractivity contribution in [3.63, 3.8) is 0 Å². The van der Waals surface area contributed by atoms with E-state index in [2.05, 4.69) is 15.6 Å². The molecule has 1 aromatic carbocycles. The second-order valence-electron chi connectivity index (χ2n) is 7.67. The van der Waals surface area contributed by atoms with Crippen LogP contribution < -0.4 is 10.6 Å². The second kappa shape index (κ2) is 7.95. The maximum absolute atomic E-state index is 12.8. The number of nitrogens with zero attached hydrogens (tertiary/aromatic N) is 1. The van der Waals surface area contributed by atoms with E-state index in [9.17, 15) is 18.0 Å². The van der Waals surface area contributed by atoms with Crippen molar-refractivity contribution in [3.05, 3.63) is 53.3 Å². The minimum absolute atomic E-state index is 0. The van der Waals surface area contributed by atoms with Gasteiger partial charge in [-0.3, -0.25) is 15.1 Å². The SMILES string of the molecule is Cc1cc(-c2ccc(C(F)(F)F)cc2)cc([C@@H]2CC[C@]3(CCCNC3=O)N2)n1.Cl. The first-order valence-corrected chi connectivity index (χ1v) is 9.49. The van der Waals surface area contributed by atoms with Crippen molar-refractivity contribution in [1.29, 1.82) is 0 Å². The van der Waals surface area contributed by atoms with Crippen LogP contribution in [0, 0.1) is 6.92 Å². The summed E-state index contributed by atoms with van der Waals surface area (Å²) in [6, 6.07) is 8.90. The fourth-order valence-corrected chi connectivity index (χ4v) is 4.23. The molecule has 3 heterocycles. The van der Waals surface area contributed by atoms with Crippen molar-refractivity contribution in [1.82, 2.24) is 15.6 Å². The van der Waals surface area contributed by atoms with Crippen LogP contribution >= 0.6 is 12.4 Å². The molecule has 4 rings (SSSR count). The average molecular weight is 426 g/mol. The standard InChI is InChI=1S/C21H22F3N3O.ClH/c1-13-11-15(14-3-5-16(6-4-14)21(22,23)24)12-18(26-13)17-7-9-20(27-17)8-2-10-25-19(20)28;/h3-6,11-12,17,27H,2,7-10H2,1H3,(H,25,28);1H/t17-,20-;/m0./s1. The molecule has 1 aromatic heterocycles. The number of hydrogen-bond donors (Lipinski definition) is 2. The van der Waals surface area contributed by atoms with Gasteiger partial charge in [0.2, 0.25) is 5.91 Å². The topological polar surface area (TPSA) is 54.0 Å². The molecule has 0 aliphatic carbocycles. The summed E-state index contributed by atoms with van der Waals surface area (Å²) in [7, 11) is 0. The van der Waals surface area contributed by atoms with Crippen molar-refractivity contribution in [2.45, 2.75) is 50.4 Å². The zero-order valence-corrected chi connectivity index (χ0v) is 16.8. The molecule has 2 saturated heterocycles. The number of hydrogen-bond acceptors (Lipinski definition) is 3. The molecule has 8 heteroatoms. The quantitative estimate of drug-likeness (QED) is 0.741. The minimum Gasteiger partial charge on any atom is -0.354 e. The van der Waals surface area contributed by atoms with E-state index in [1.54, 1.807) is 0 Å². The van der Waals surface area contributed by atoms with E-state index in [0.29, 0.717) is 12.1 Å². The smallest absolute Gasteiger partial charge is 0.354 e. The number of halogens is 4. The van der Waals surface area contributed by atoms with Gasteiger partial charge in [-0.05, 0) is 68.0 Å². The molecule has 0 bridgehead atoms. The number of carbonyl (C=O) groups is 1. The van der Waals surface area contributed by atoms with Crippen LogP contribution in [-0.2, 0) is 11.0 Å². The van der Waals surface area contributed by atoms with Crippen molar-refractivity contribution < 1.29 is 18.0 Å². The summed E-state index contributed by atoms with van der Waals surface area (Å²) in [6.45, 7) is 2.59. The van der Waals surface area contributed by atoms with Gasteiger partial charge in [0.15, 0.2) is 0 Å². The summed E-state index contributed by atoms with van der Waals surface area (Å²) < 4.78 is 38.4. The van der Waals surface area contributed by atoms with Crippen LogP contribution in [0.15, 0.2) is 36.4 Å². The van der Waals surface area contributed by atoms with Crippen molar-refractivity contribution in [3.8, 4) is 11.1 Å². The highest BCUT2D eigenvalue weighted by atomic mass is 35.5. The van der Waals surface area contributed by atoms with Crippen LogP contribution in [0.25, 0.3) is 11.1 Å². The van der Waals surface area contributed by atoms with Gasteiger partial charge in [-0.1, -0.05) is 12.1 Å². The summed E-state index contributed by atoms with van der Waals surface area (Å²) >= 11 is 0. The zero-order chi connectivity index (χ0) is 19.9. The molecule has 0 unspecified atom stereocenters. The van der Waals surface area contributed by atoms with Crippen LogP contribution in [0.2, 0.25) is 0 Å². The van der Waals surface area contributed by atoms with Crippen LogP contribution in [0.5, 0.6) is 0 Å². The predicted octanol–water partition coefficient (Wildman–Crippen LogP) is 4.57. The summed E-state index contributed by atoms with van der Waals surface area (Å²) in [6.07, 6.45) is -1.03. The van der Waals surface area contributed by atoms with E-state index in [1.165, 1.54) is 12.1 Å². The van der Waals surface area contributed by atoms with Crippen molar-refractivity contribution >= 4 is 18.3 Å². The molecule has 2 N–H and O–H groups in total. The minimum atomic E-state index is -4.35. The summed E-state index contributed by atoms with van der Waals surface area (Å²) in [4.78, 5) is 17.0. The monoisotopic (exact) mass is 425 g/mol. The number of carbonyl (C=O) groups excluding carboxylic acids is 1. The van der Waals surface area contributed by atoms with Gasteiger partial charge in [0.25, 0.3) is 0 Å². The van der Waals surface area contributed by atoms with Gasteiger partial charge in [-0.15, -0.1) is 12.4 Å². The third-order valence-corrected chi connectivity index (χ3v) is 5.69. The Morgan fingerprint density at radius 2 is 1.83 bits per heavy atom. The largest absolute Gasteiger partial charge is 0.416 e. The number of piperidine rings is 1. The van der Waals surface area contributed by atoms with Crippen LogP contribution in [-0.4, -0.2) is 23.0 Å². The maximum Gasteiger partial charge on any atom is 0.416 e. The zero-order valence-electron chi connectivity index (χ0n) is 16.0. The third kappa shape index (κ3) is 4.26. The lowest BCUT2D eigenvalue weighted by Crippen LogP contribution is -2.57. The Kier molecular flexibility index (Phi) is 5.92. The Balaban J connectivity index is 0.00000240. The molecular weight excluding hydrogens is 403 g/mol. The lowest BCUT2D eigenvalue weighted by molar-refractivity contribution is -0.137. The first-order chi connectivity index (χ1) is 13.3. The molecule has 1 amide bonds. The number of alkyl halides is 3. The average Bonchev–Trinajstić information content (AvgIpc) is 3.08. The number of nitrogens with one attached hydrogen (secondary N) is 2. The second-order valence-corrected chi connectivity index (χ2v) is 7.67. The number of aryl methyl sites for hydroxylation is 1. The molecule has 2 aliphatic rings. The highest BCUT2D eigenvalue weighted by Gasteiger charge is 2.46. The Morgan fingerprint density at radius 1 is 1.10 bits per heavy atom. The summed E-state index contributed by atoms with van der Waals surface area (Å²) in [5.41, 5.74) is 1.97. The van der Waals surface area contributed by atoms with Crippen molar-refractivity contribution in [2.24, 2.45) is 0 Å². The number of pyridine rings is 1. The van der Waals surface area contributed by atoms with E-state index >= 15 is 0 Å². The Hall–Kier alpha value is -2.12. The van der Waals surface area contributed by atoms with Crippen LogP contribution in [0.4, 0.5) is 13.2 Å². The first kappa shape index (κ1) is 21.6. The number of amides is 1. The first-order valence-electron chi connectivity index (χ1n) is 9.49. The van der Waals surface area contributed by atoms with Crippen molar-refractivity contribution in [2.75, 3.05) is 6.54 Å². The molecule has 29 heavy (non-hydrogen) atoms. The van der Waals surface area contributed by atoms with Gasteiger partial charge < -0.3 is 5.32 Å².